The second-order valence-corrected chi connectivity index (χ2v) is 6.23. The van der Waals surface area contributed by atoms with Gasteiger partial charge in [-0.1, -0.05) is 12.5 Å². The van der Waals surface area contributed by atoms with Gasteiger partial charge in [0.15, 0.2) is 0 Å². The van der Waals surface area contributed by atoms with Crippen molar-refractivity contribution in [2.45, 2.75) is 51.4 Å². The zero-order valence-electron chi connectivity index (χ0n) is 11.9. The summed E-state index contributed by atoms with van der Waals surface area (Å²) in [7, 11) is 0. The van der Waals surface area contributed by atoms with E-state index in [9.17, 15) is 0 Å². The van der Waals surface area contributed by atoms with Crippen molar-refractivity contribution in [1.82, 2.24) is 10.2 Å². The van der Waals surface area contributed by atoms with Crippen molar-refractivity contribution in [3.8, 4) is 0 Å². The van der Waals surface area contributed by atoms with Gasteiger partial charge in [0, 0.05) is 0 Å². The molecule has 18 heavy (non-hydrogen) atoms. The average Bonchev–Trinajstić information content (AvgIpc) is 2.42. The molecule has 0 aromatic heterocycles. The standard InChI is InChI=1S/C16H30N2/c1-2-3-4-5-6-13-18-14-9-16(10-15-18)7-11-17-12-8-16/h2,17H,1,3-15H2. The van der Waals surface area contributed by atoms with E-state index >= 15 is 0 Å². The predicted molar refractivity (Wildman–Crippen MR) is 78.9 cm³/mol. The molecule has 2 saturated heterocycles. The normalized spacial score (nSPS) is 24.2. The molecule has 0 aromatic carbocycles. The number of allylic oxidation sites excluding steroid dienone is 1. The number of nitrogens with one attached hydrogen (secondary N) is 1. The van der Waals surface area contributed by atoms with Crippen LogP contribution < -0.4 is 5.32 Å². The Labute approximate surface area is 113 Å². The number of unbranched alkanes of at least 4 members (excludes halogenated alkanes) is 3. The van der Waals surface area contributed by atoms with Crippen LogP contribution in [0.5, 0.6) is 0 Å². The van der Waals surface area contributed by atoms with Crippen LogP contribution in [0.2, 0.25) is 0 Å². The molecule has 1 spiro atoms. The Morgan fingerprint density at radius 1 is 1.00 bits per heavy atom. The minimum absolute atomic E-state index is 0.713. The SMILES string of the molecule is C=CCCCCCN1CCC2(CCNCC2)CC1. The fourth-order valence-corrected chi connectivity index (χ4v) is 3.51. The lowest BCUT2D eigenvalue weighted by Gasteiger charge is -2.44. The molecule has 2 aliphatic heterocycles. The Morgan fingerprint density at radius 3 is 2.39 bits per heavy atom. The zero-order valence-corrected chi connectivity index (χ0v) is 11.9. The van der Waals surface area contributed by atoms with Crippen molar-refractivity contribution in [3.63, 3.8) is 0 Å². The Balaban J connectivity index is 1.59. The molecular formula is C16H30N2. The Hall–Kier alpha value is -0.340. The highest BCUT2D eigenvalue weighted by atomic mass is 15.1. The van der Waals surface area contributed by atoms with Crippen LogP contribution >= 0.6 is 0 Å². The number of hydrogen-bond donors (Lipinski definition) is 1. The minimum Gasteiger partial charge on any atom is -0.317 e. The van der Waals surface area contributed by atoms with E-state index in [1.807, 2.05) is 6.08 Å². The van der Waals surface area contributed by atoms with Crippen LogP contribution in [0.4, 0.5) is 0 Å². The molecule has 2 rings (SSSR count). The third-order valence-electron chi connectivity index (χ3n) is 4.96. The molecule has 0 atom stereocenters. The Bertz CT molecular complexity index is 233. The molecule has 2 nitrogen and oxygen atoms in total. The van der Waals surface area contributed by atoms with E-state index in [1.165, 1.54) is 84.1 Å². The van der Waals surface area contributed by atoms with Crippen molar-refractivity contribution >= 4 is 0 Å². The number of rotatable bonds is 6. The van der Waals surface area contributed by atoms with Crippen molar-refractivity contribution in [2.24, 2.45) is 5.41 Å². The lowest BCUT2D eigenvalue weighted by atomic mass is 9.71. The summed E-state index contributed by atoms with van der Waals surface area (Å²) in [6, 6.07) is 0. The lowest BCUT2D eigenvalue weighted by Crippen LogP contribution is -2.45. The molecular weight excluding hydrogens is 220 g/mol. The molecule has 2 heteroatoms. The maximum atomic E-state index is 3.78. The summed E-state index contributed by atoms with van der Waals surface area (Å²) in [5.74, 6) is 0. The smallest absolute Gasteiger partial charge is 0.00134 e. The highest BCUT2D eigenvalue weighted by Gasteiger charge is 2.35. The van der Waals surface area contributed by atoms with Crippen molar-refractivity contribution in [3.05, 3.63) is 12.7 Å². The summed E-state index contributed by atoms with van der Waals surface area (Å²) in [6.07, 6.45) is 13.0. The van der Waals surface area contributed by atoms with Crippen LogP contribution in [0.15, 0.2) is 12.7 Å². The zero-order chi connectivity index (χ0) is 12.7. The summed E-state index contributed by atoms with van der Waals surface area (Å²) in [5.41, 5.74) is 0.713. The van der Waals surface area contributed by atoms with E-state index in [0.717, 1.165) is 0 Å². The lowest BCUT2D eigenvalue weighted by molar-refractivity contribution is 0.0731. The van der Waals surface area contributed by atoms with Crippen LogP contribution in [-0.2, 0) is 0 Å². The van der Waals surface area contributed by atoms with Crippen LogP contribution in [0.1, 0.15) is 51.4 Å². The maximum Gasteiger partial charge on any atom is -0.00134 e. The predicted octanol–water partition coefficient (Wildman–Crippen LogP) is 3.20. The van der Waals surface area contributed by atoms with Gasteiger partial charge in [-0.15, -0.1) is 6.58 Å². The summed E-state index contributed by atoms with van der Waals surface area (Å²) in [6.45, 7) is 10.3. The largest absolute Gasteiger partial charge is 0.317 e. The molecule has 0 amide bonds. The number of likely N-dealkylation sites (tertiary alicyclic amines) is 1. The van der Waals surface area contributed by atoms with Crippen LogP contribution in [-0.4, -0.2) is 37.6 Å². The quantitative estimate of drug-likeness (QED) is 0.575. The van der Waals surface area contributed by atoms with E-state index in [-0.39, 0.29) is 0 Å². The summed E-state index contributed by atoms with van der Waals surface area (Å²) < 4.78 is 0. The molecule has 104 valence electrons. The molecule has 0 aliphatic carbocycles. The van der Waals surface area contributed by atoms with Gasteiger partial charge in [0.1, 0.15) is 0 Å². The van der Waals surface area contributed by atoms with Gasteiger partial charge in [-0.05, 0) is 83.1 Å². The van der Waals surface area contributed by atoms with E-state index in [1.54, 1.807) is 0 Å². The molecule has 0 aromatic rings. The molecule has 1 N–H and O–H groups in total. The van der Waals surface area contributed by atoms with Gasteiger partial charge in [-0.25, -0.2) is 0 Å². The van der Waals surface area contributed by atoms with Gasteiger partial charge >= 0.3 is 0 Å². The summed E-state index contributed by atoms with van der Waals surface area (Å²) >= 11 is 0. The van der Waals surface area contributed by atoms with Gasteiger partial charge in [-0.3, -0.25) is 0 Å². The third kappa shape index (κ3) is 4.10. The van der Waals surface area contributed by atoms with Gasteiger partial charge in [0.05, 0.1) is 0 Å². The third-order valence-corrected chi connectivity index (χ3v) is 4.96. The first-order valence-electron chi connectivity index (χ1n) is 7.89. The van der Waals surface area contributed by atoms with E-state index in [4.69, 9.17) is 0 Å². The molecule has 2 aliphatic rings. The first kappa shape index (κ1) is 14.1. The number of piperidine rings is 2. The molecule has 0 radical (unpaired) electrons. The topological polar surface area (TPSA) is 15.3 Å². The second-order valence-electron chi connectivity index (χ2n) is 6.23. The number of nitrogens with zero attached hydrogens (tertiary/aromatic N) is 1. The molecule has 0 saturated carbocycles. The first-order valence-corrected chi connectivity index (χ1v) is 7.89. The second kappa shape index (κ2) is 7.30. The summed E-state index contributed by atoms with van der Waals surface area (Å²) in [4.78, 5) is 2.70. The van der Waals surface area contributed by atoms with Gasteiger partial charge in [0.2, 0.25) is 0 Å². The molecule has 2 heterocycles. The minimum atomic E-state index is 0.713. The van der Waals surface area contributed by atoms with Crippen molar-refractivity contribution in [1.29, 1.82) is 0 Å². The fourth-order valence-electron chi connectivity index (χ4n) is 3.51. The van der Waals surface area contributed by atoms with E-state index in [0.29, 0.717) is 5.41 Å². The maximum absolute atomic E-state index is 3.78. The average molecular weight is 250 g/mol. The van der Waals surface area contributed by atoms with Gasteiger partial charge in [-0.2, -0.15) is 0 Å². The van der Waals surface area contributed by atoms with E-state index in [2.05, 4.69) is 16.8 Å². The van der Waals surface area contributed by atoms with Crippen LogP contribution in [0.25, 0.3) is 0 Å². The van der Waals surface area contributed by atoms with Gasteiger partial charge < -0.3 is 10.2 Å². The monoisotopic (exact) mass is 250 g/mol. The highest BCUT2D eigenvalue weighted by Crippen LogP contribution is 2.39. The highest BCUT2D eigenvalue weighted by molar-refractivity contribution is 4.89. The fraction of sp³-hybridized carbons (Fsp3) is 0.875. The first-order chi connectivity index (χ1) is 8.85. The Kier molecular flexibility index (Phi) is 5.71. The molecule has 2 fully saturated rings. The molecule has 0 bridgehead atoms. The van der Waals surface area contributed by atoms with Crippen molar-refractivity contribution in [2.75, 3.05) is 32.7 Å². The van der Waals surface area contributed by atoms with E-state index < -0.39 is 0 Å². The van der Waals surface area contributed by atoms with Gasteiger partial charge in [0.25, 0.3) is 0 Å². The number of hydrogen-bond acceptors (Lipinski definition) is 2. The van der Waals surface area contributed by atoms with Crippen LogP contribution in [0, 0.1) is 5.41 Å². The Morgan fingerprint density at radius 2 is 1.72 bits per heavy atom. The van der Waals surface area contributed by atoms with Crippen molar-refractivity contribution < 1.29 is 0 Å². The van der Waals surface area contributed by atoms with Crippen LogP contribution in [0.3, 0.4) is 0 Å². The molecule has 0 unspecified atom stereocenters. The summed E-state index contributed by atoms with van der Waals surface area (Å²) in [5, 5.41) is 3.50.